The van der Waals surface area contributed by atoms with Crippen LogP contribution in [0.5, 0.6) is 0 Å². The van der Waals surface area contributed by atoms with E-state index in [2.05, 4.69) is 28.5 Å². The third-order valence-corrected chi connectivity index (χ3v) is 3.91. The molecule has 2 aromatic carbocycles. The highest BCUT2D eigenvalue weighted by Crippen LogP contribution is 2.39. The Morgan fingerprint density at radius 3 is 2.39 bits per heavy atom. The van der Waals surface area contributed by atoms with E-state index in [1.165, 1.54) is 0 Å². The summed E-state index contributed by atoms with van der Waals surface area (Å²) in [6.07, 6.45) is 0. The Morgan fingerprint density at radius 2 is 1.61 bits per heavy atom. The van der Waals surface area contributed by atoms with Gasteiger partial charge in [0, 0.05) is 18.2 Å². The van der Waals surface area contributed by atoms with Crippen LogP contribution < -0.4 is 10.9 Å². The molecule has 2 N–H and O–H groups in total. The van der Waals surface area contributed by atoms with E-state index < -0.39 is 0 Å². The van der Waals surface area contributed by atoms with Crippen LogP contribution in [0.2, 0.25) is 0 Å². The third kappa shape index (κ3) is 2.49. The van der Waals surface area contributed by atoms with Gasteiger partial charge in [0.05, 0.1) is 17.9 Å². The van der Waals surface area contributed by atoms with Gasteiger partial charge in [0.15, 0.2) is 0 Å². The normalized spacial score (nSPS) is 12.1. The molecule has 2 heterocycles. The van der Waals surface area contributed by atoms with Crippen molar-refractivity contribution in [1.82, 2.24) is 15.0 Å². The predicted octanol–water partition coefficient (Wildman–Crippen LogP) is 3.37. The largest absolute Gasteiger partial charge is 0.306 e. The van der Waals surface area contributed by atoms with Crippen LogP contribution in [0.4, 0.5) is 5.69 Å². The highest BCUT2D eigenvalue weighted by molar-refractivity contribution is 5.87. The van der Waals surface area contributed by atoms with Gasteiger partial charge in [-0.25, -0.2) is 10.5 Å². The number of aromatic nitrogens is 3. The molecule has 0 amide bonds. The van der Waals surface area contributed by atoms with E-state index in [1.807, 2.05) is 55.9 Å². The van der Waals surface area contributed by atoms with E-state index in [-0.39, 0.29) is 0 Å². The minimum Gasteiger partial charge on any atom is -0.306 e. The summed E-state index contributed by atoms with van der Waals surface area (Å²) < 4.78 is 1.81. The fourth-order valence-corrected chi connectivity index (χ4v) is 2.92. The predicted molar refractivity (Wildman–Crippen MR) is 93.6 cm³/mol. The molecule has 0 aliphatic carbocycles. The minimum absolute atomic E-state index is 0.642. The van der Waals surface area contributed by atoms with E-state index in [1.54, 1.807) is 5.01 Å². The number of hydrogen-bond donors (Lipinski definition) is 1. The molecule has 0 unspecified atom stereocenters. The SMILES string of the molecule is CC.Cn1nnc2c1-c1ccccc1N(N)Cc1ccccc1-2. The number of nitrogens with two attached hydrogens (primary N) is 1. The fraction of sp³-hybridized carbons (Fsp3) is 0.222. The van der Waals surface area contributed by atoms with Crippen molar-refractivity contribution in [1.29, 1.82) is 0 Å². The van der Waals surface area contributed by atoms with Crippen molar-refractivity contribution >= 4 is 5.69 Å². The van der Waals surface area contributed by atoms with E-state index in [0.717, 1.165) is 33.8 Å². The molecule has 0 saturated heterocycles. The first kappa shape index (κ1) is 15.2. The number of aryl methyl sites for hydroxylation is 1. The fourth-order valence-electron chi connectivity index (χ4n) is 2.92. The molecule has 0 saturated carbocycles. The number of benzene rings is 2. The molecule has 0 bridgehead atoms. The maximum absolute atomic E-state index is 6.29. The first-order valence-corrected chi connectivity index (χ1v) is 7.85. The zero-order chi connectivity index (χ0) is 16.4. The summed E-state index contributed by atoms with van der Waals surface area (Å²) in [6, 6.07) is 16.3. The first-order valence-electron chi connectivity index (χ1n) is 7.85. The number of anilines is 1. The maximum Gasteiger partial charge on any atom is 0.121 e. The quantitative estimate of drug-likeness (QED) is 0.647. The van der Waals surface area contributed by atoms with Gasteiger partial charge < -0.3 is 5.01 Å². The Bertz CT molecular complexity index is 822. The number of para-hydroxylation sites is 1. The highest BCUT2D eigenvalue weighted by Gasteiger charge is 2.24. The van der Waals surface area contributed by atoms with Crippen molar-refractivity contribution in [3.05, 3.63) is 54.1 Å². The van der Waals surface area contributed by atoms with Gasteiger partial charge in [0.25, 0.3) is 0 Å². The number of rotatable bonds is 0. The molecule has 0 fully saturated rings. The number of hydrogen-bond acceptors (Lipinski definition) is 4. The Labute approximate surface area is 136 Å². The van der Waals surface area contributed by atoms with Gasteiger partial charge in [-0.1, -0.05) is 61.5 Å². The van der Waals surface area contributed by atoms with Gasteiger partial charge in [0.1, 0.15) is 5.69 Å². The van der Waals surface area contributed by atoms with Crippen molar-refractivity contribution in [3.8, 4) is 22.5 Å². The molecule has 118 valence electrons. The molecule has 5 nitrogen and oxygen atoms in total. The summed E-state index contributed by atoms with van der Waals surface area (Å²) in [7, 11) is 1.91. The van der Waals surface area contributed by atoms with Crippen LogP contribution in [-0.4, -0.2) is 15.0 Å². The van der Waals surface area contributed by atoms with Crippen LogP contribution in [0.1, 0.15) is 19.4 Å². The van der Waals surface area contributed by atoms with Crippen LogP contribution in [-0.2, 0) is 13.6 Å². The highest BCUT2D eigenvalue weighted by atomic mass is 15.4. The molecule has 1 aliphatic heterocycles. The number of fused-ring (bicyclic) bond motifs is 5. The maximum atomic E-state index is 6.29. The zero-order valence-electron chi connectivity index (χ0n) is 13.7. The van der Waals surface area contributed by atoms with Gasteiger partial charge in [-0.3, -0.25) is 0 Å². The van der Waals surface area contributed by atoms with E-state index in [9.17, 15) is 0 Å². The summed E-state index contributed by atoms with van der Waals surface area (Å²) in [5.74, 6) is 6.29. The van der Waals surface area contributed by atoms with E-state index >= 15 is 0 Å². The third-order valence-electron chi connectivity index (χ3n) is 3.91. The van der Waals surface area contributed by atoms with E-state index in [0.29, 0.717) is 6.54 Å². The van der Waals surface area contributed by atoms with Crippen LogP contribution in [0.15, 0.2) is 48.5 Å². The molecular weight excluding hydrogens is 286 g/mol. The first-order chi connectivity index (χ1) is 11.3. The lowest BCUT2D eigenvalue weighted by Crippen LogP contribution is -2.31. The molecule has 4 rings (SSSR count). The molecule has 5 heteroatoms. The van der Waals surface area contributed by atoms with Crippen molar-refractivity contribution in [2.75, 3.05) is 5.01 Å². The average Bonchev–Trinajstić information content (AvgIpc) is 2.97. The molecular formula is C18H21N5. The molecule has 0 atom stereocenters. The van der Waals surface area contributed by atoms with Crippen LogP contribution in [0.25, 0.3) is 22.5 Å². The summed E-state index contributed by atoms with van der Waals surface area (Å²) in [6.45, 7) is 4.64. The minimum atomic E-state index is 0.642. The van der Waals surface area contributed by atoms with Gasteiger partial charge in [-0.15, -0.1) is 5.10 Å². The lowest BCUT2D eigenvalue weighted by molar-refractivity contribution is 0.720. The summed E-state index contributed by atoms with van der Waals surface area (Å²) in [5.41, 5.74) is 6.18. The molecule has 1 aliphatic rings. The van der Waals surface area contributed by atoms with Gasteiger partial charge in [-0.05, 0) is 11.6 Å². The van der Waals surface area contributed by atoms with Gasteiger partial charge in [0.2, 0.25) is 0 Å². The summed E-state index contributed by atoms with van der Waals surface area (Å²) in [5, 5.41) is 10.4. The Morgan fingerprint density at radius 1 is 0.957 bits per heavy atom. The number of nitrogens with zero attached hydrogens (tertiary/aromatic N) is 4. The van der Waals surface area contributed by atoms with Crippen molar-refractivity contribution in [2.24, 2.45) is 12.9 Å². The van der Waals surface area contributed by atoms with Crippen LogP contribution >= 0.6 is 0 Å². The topological polar surface area (TPSA) is 60.0 Å². The molecule has 0 radical (unpaired) electrons. The van der Waals surface area contributed by atoms with Gasteiger partial charge in [-0.2, -0.15) is 0 Å². The van der Waals surface area contributed by atoms with Crippen molar-refractivity contribution in [2.45, 2.75) is 20.4 Å². The Balaban J connectivity index is 0.000000753. The van der Waals surface area contributed by atoms with Crippen LogP contribution in [0, 0.1) is 0 Å². The summed E-state index contributed by atoms with van der Waals surface area (Å²) >= 11 is 0. The standard InChI is InChI=1S/C16H15N5.C2H6/c1-20-16-13-8-4-5-9-14(13)21(17)10-11-6-2-3-7-12(11)15(16)18-19-20;1-2/h2-9H,10,17H2,1H3;1-2H3. The lowest BCUT2D eigenvalue weighted by atomic mass is 9.96. The molecule has 23 heavy (non-hydrogen) atoms. The van der Waals surface area contributed by atoms with Crippen LogP contribution in [0.3, 0.4) is 0 Å². The average molecular weight is 307 g/mol. The zero-order valence-corrected chi connectivity index (χ0v) is 13.7. The second-order valence-corrected chi connectivity index (χ2v) is 5.21. The second kappa shape index (κ2) is 6.22. The van der Waals surface area contributed by atoms with Gasteiger partial charge >= 0.3 is 0 Å². The second-order valence-electron chi connectivity index (χ2n) is 5.21. The van der Waals surface area contributed by atoms with E-state index in [4.69, 9.17) is 5.84 Å². The Hall–Kier alpha value is -2.66. The smallest absolute Gasteiger partial charge is 0.121 e. The van der Waals surface area contributed by atoms with Crippen molar-refractivity contribution < 1.29 is 0 Å². The number of hydrazine groups is 1. The lowest BCUT2D eigenvalue weighted by Gasteiger charge is -2.25. The molecule has 1 aromatic heterocycles. The van der Waals surface area contributed by atoms with Crippen molar-refractivity contribution in [3.63, 3.8) is 0 Å². The molecule has 0 spiro atoms. The molecule has 3 aromatic rings. The summed E-state index contributed by atoms with van der Waals surface area (Å²) in [4.78, 5) is 0. The monoisotopic (exact) mass is 307 g/mol. The Kier molecular flexibility index (Phi) is 4.12.